The normalized spacial score (nSPS) is 9.89. The summed E-state index contributed by atoms with van der Waals surface area (Å²) < 4.78 is 3.77. The summed E-state index contributed by atoms with van der Waals surface area (Å²) >= 11 is 12.5. The molecule has 0 saturated heterocycles. The molecule has 0 fully saturated rings. The number of allylic oxidation sites excluding steroid dienone is 1. The topological polar surface area (TPSA) is 121 Å². The maximum atomic E-state index is 5.12. The van der Waals surface area contributed by atoms with Gasteiger partial charge in [-0.1, -0.05) is 17.4 Å². The molecule has 0 amide bonds. The van der Waals surface area contributed by atoms with E-state index in [0.717, 1.165) is 19.4 Å². The van der Waals surface area contributed by atoms with Crippen LogP contribution in [0.25, 0.3) is 5.13 Å². The van der Waals surface area contributed by atoms with E-state index in [-0.39, 0.29) is 62.0 Å². The predicted molar refractivity (Wildman–Crippen MR) is 148 cm³/mol. The summed E-state index contributed by atoms with van der Waals surface area (Å²) in [6.07, 6.45) is 17.4. The Hall–Kier alpha value is -0.170. The minimum atomic E-state index is 0. The van der Waals surface area contributed by atoms with E-state index in [1.807, 2.05) is 39.2 Å². The monoisotopic (exact) mass is 693 g/mol. The van der Waals surface area contributed by atoms with Gasteiger partial charge in [-0.15, -0.1) is 44.2 Å². The number of aromatic nitrogens is 7. The van der Waals surface area contributed by atoms with Crippen LogP contribution in [0.3, 0.4) is 0 Å². The van der Waals surface area contributed by atoms with Gasteiger partial charge in [0.05, 0.1) is 0 Å². The molecule has 17 heteroatoms. The van der Waals surface area contributed by atoms with Crippen molar-refractivity contribution in [1.29, 1.82) is 0 Å². The summed E-state index contributed by atoms with van der Waals surface area (Å²) in [4.78, 5) is 19.5. The molecule has 0 unspecified atom stereocenters. The second-order valence-electron chi connectivity index (χ2n) is 5.08. The van der Waals surface area contributed by atoms with Crippen molar-refractivity contribution in [2.75, 3.05) is 5.73 Å². The summed E-state index contributed by atoms with van der Waals surface area (Å²) in [7, 11) is 0. The SMILES string of the molecule is Brc1nccs1.Brc1nccs1.C1=CN=CC1.Nc1nncs1.[H-].[H-].[Na+].[Na+].c1cn(-c2nccs2)cn1. The average Bonchev–Trinajstić information content (AvgIpc) is 3.65. The Morgan fingerprint density at radius 1 is 0.886 bits per heavy atom. The number of nitrogens with two attached hydrogens (primary N) is 1. The second-order valence-corrected chi connectivity index (χ2v) is 11.2. The Morgan fingerprint density at radius 3 is 1.80 bits per heavy atom. The zero-order chi connectivity index (χ0) is 23.6. The summed E-state index contributed by atoms with van der Waals surface area (Å²) in [5, 5.41) is 14.2. The molecule has 0 aliphatic carbocycles. The van der Waals surface area contributed by atoms with Crippen molar-refractivity contribution in [3.63, 3.8) is 0 Å². The molecule has 0 spiro atoms. The van der Waals surface area contributed by atoms with E-state index in [2.05, 4.69) is 67.0 Å². The largest absolute Gasteiger partial charge is 1.00 e. The van der Waals surface area contributed by atoms with E-state index in [0.29, 0.717) is 5.13 Å². The van der Waals surface area contributed by atoms with E-state index in [4.69, 9.17) is 5.73 Å². The fourth-order valence-corrected chi connectivity index (χ4v) is 4.10. The van der Waals surface area contributed by atoms with Crippen LogP contribution >= 0.6 is 77.2 Å². The minimum absolute atomic E-state index is 0. The maximum Gasteiger partial charge on any atom is 1.00 e. The van der Waals surface area contributed by atoms with Gasteiger partial charge in [-0.05, 0) is 31.9 Å². The zero-order valence-corrected chi connectivity index (χ0v) is 29.2. The van der Waals surface area contributed by atoms with E-state index >= 15 is 0 Å². The van der Waals surface area contributed by atoms with Crippen molar-refractivity contribution >= 4 is 88.6 Å². The average molecular weight is 695 g/mol. The van der Waals surface area contributed by atoms with Crippen molar-refractivity contribution in [1.82, 2.24) is 34.7 Å². The molecule has 0 bridgehead atoms. The quantitative estimate of drug-likeness (QED) is 0.254. The molecule has 6 heterocycles. The molecular formula is C18H19Br2N9Na2S4. The van der Waals surface area contributed by atoms with E-state index < -0.39 is 0 Å². The first-order chi connectivity index (χ1) is 16.1. The number of thiazole rings is 3. The molecule has 5 aromatic heterocycles. The number of aliphatic imine (C=N–C) groups is 1. The Bertz CT molecular complexity index is 1010. The molecule has 1 aliphatic heterocycles. The summed E-state index contributed by atoms with van der Waals surface area (Å²) in [6, 6.07) is 0. The number of hydrogen-bond acceptors (Lipinski definition) is 12. The molecule has 2 N–H and O–H groups in total. The maximum absolute atomic E-state index is 5.12. The Morgan fingerprint density at radius 2 is 1.54 bits per heavy atom. The van der Waals surface area contributed by atoms with Crippen LogP contribution in [0.2, 0.25) is 0 Å². The van der Waals surface area contributed by atoms with Gasteiger partial charge in [0, 0.05) is 66.0 Å². The number of halogens is 2. The molecule has 0 radical (unpaired) electrons. The van der Waals surface area contributed by atoms with Crippen LogP contribution in [0.5, 0.6) is 0 Å². The number of anilines is 1. The van der Waals surface area contributed by atoms with Gasteiger partial charge in [0.2, 0.25) is 5.13 Å². The molecule has 1 aliphatic rings. The van der Waals surface area contributed by atoms with Crippen LogP contribution in [-0.4, -0.2) is 40.9 Å². The standard InChI is InChI=1S/C6H5N3S.C4H5N.2C3H2BrNS.C2H3N3S.2Na.2H/c1-3-9(5-7-1)6-8-2-4-10-6;1-2-4-5-3-1;2*4-3-5-1-2-6-3;3-2-5-4-1-6-2;;;;/h1-5H;1,3-4H,2H2;2*1-2H;1H,(H2,3,5);;;;/q;;;;;2*+1;2*-1. The van der Waals surface area contributed by atoms with Crippen LogP contribution in [0.1, 0.15) is 9.27 Å². The summed E-state index contributed by atoms with van der Waals surface area (Å²) in [6.45, 7) is 0. The zero-order valence-electron chi connectivity index (χ0n) is 20.8. The van der Waals surface area contributed by atoms with Crippen LogP contribution in [0.4, 0.5) is 5.13 Å². The number of rotatable bonds is 1. The molecule has 0 saturated carbocycles. The first-order valence-electron chi connectivity index (χ1n) is 8.81. The third-order valence-corrected chi connectivity index (χ3v) is 6.82. The van der Waals surface area contributed by atoms with Gasteiger partial charge in [0.25, 0.3) is 0 Å². The third kappa shape index (κ3) is 17.8. The molecule has 176 valence electrons. The van der Waals surface area contributed by atoms with Crippen molar-refractivity contribution in [2.24, 2.45) is 4.99 Å². The van der Waals surface area contributed by atoms with Crippen molar-refractivity contribution in [3.8, 4) is 5.13 Å². The molecule has 6 rings (SSSR count). The van der Waals surface area contributed by atoms with E-state index in [1.54, 1.807) is 76.8 Å². The second kappa shape index (κ2) is 23.0. The first-order valence-corrected chi connectivity index (χ1v) is 13.9. The van der Waals surface area contributed by atoms with Gasteiger partial charge in [0.15, 0.2) is 13.0 Å². The predicted octanol–water partition coefficient (Wildman–Crippen LogP) is 0.468. The van der Waals surface area contributed by atoms with Crippen LogP contribution < -0.4 is 64.8 Å². The first kappa shape index (κ1) is 34.8. The number of nitrogens with zero attached hydrogens (tertiary/aromatic N) is 8. The molecule has 0 aromatic carbocycles. The van der Waals surface area contributed by atoms with Gasteiger partial charge in [0.1, 0.15) is 11.8 Å². The van der Waals surface area contributed by atoms with Gasteiger partial charge in [-0.2, -0.15) is 0 Å². The van der Waals surface area contributed by atoms with Crippen LogP contribution in [0.15, 0.2) is 84.1 Å². The van der Waals surface area contributed by atoms with Gasteiger partial charge >= 0.3 is 59.1 Å². The van der Waals surface area contributed by atoms with E-state index in [1.165, 1.54) is 11.3 Å². The Balaban J connectivity index is -0.000000389. The molecule has 0 atom stereocenters. The smallest absolute Gasteiger partial charge is 1.00 e. The number of imidazole rings is 1. The Labute approximate surface area is 282 Å². The van der Waals surface area contributed by atoms with Gasteiger partial charge in [-0.3, -0.25) is 9.56 Å². The summed E-state index contributed by atoms with van der Waals surface area (Å²) in [5.41, 5.74) is 6.72. The molecular weight excluding hydrogens is 676 g/mol. The van der Waals surface area contributed by atoms with Crippen molar-refractivity contribution in [2.45, 2.75) is 6.42 Å². The van der Waals surface area contributed by atoms with Gasteiger partial charge in [-0.25, -0.2) is 19.9 Å². The van der Waals surface area contributed by atoms with Crippen molar-refractivity contribution in [3.05, 3.63) is 79.1 Å². The fourth-order valence-electron chi connectivity index (χ4n) is 1.61. The van der Waals surface area contributed by atoms with Crippen LogP contribution in [0, 0.1) is 0 Å². The summed E-state index contributed by atoms with van der Waals surface area (Å²) in [5.74, 6) is 0. The molecule has 5 aromatic rings. The third-order valence-electron chi connectivity index (χ3n) is 2.86. The van der Waals surface area contributed by atoms with Gasteiger partial charge < -0.3 is 8.59 Å². The van der Waals surface area contributed by atoms with Crippen LogP contribution in [-0.2, 0) is 0 Å². The molecule has 9 nitrogen and oxygen atoms in total. The number of hydrogen-bond donors (Lipinski definition) is 1. The fraction of sp³-hybridized carbons (Fsp3) is 0.0556. The van der Waals surface area contributed by atoms with E-state index in [9.17, 15) is 0 Å². The van der Waals surface area contributed by atoms with Crippen molar-refractivity contribution < 1.29 is 62.0 Å². The molecule has 35 heavy (non-hydrogen) atoms. The minimum Gasteiger partial charge on any atom is -1.00 e. The Kier molecular flexibility index (Phi) is 22.9. The number of nitrogen functional groups attached to an aromatic ring is 1.